The van der Waals surface area contributed by atoms with Crippen LogP contribution < -0.4 is 14.4 Å². The van der Waals surface area contributed by atoms with Crippen LogP contribution in [0, 0.1) is 11.8 Å². The maximum absolute atomic E-state index is 13.1. The van der Waals surface area contributed by atoms with Gasteiger partial charge >= 0.3 is 0 Å². The summed E-state index contributed by atoms with van der Waals surface area (Å²) in [5.74, 6) is 1.60. The second-order valence-corrected chi connectivity index (χ2v) is 8.40. The largest absolute Gasteiger partial charge is 0.497 e. The van der Waals surface area contributed by atoms with Crippen LogP contribution in [0.25, 0.3) is 0 Å². The van der Waals surface area contributed by atoms with E-state index in [2.05, 4.69) is 24.3 Å². The highest BCUT2D eigenvalue weighted by atomic mass is 16.5. The molecule has 2 amide bonds. The Morgan fingerprint density at radius 1 is 1.03 bits per heavy atom. The van der Waals surface area contributed by atoms with E-state index in [1.807, 2.05) is 17.0 Å². The zero-order valence-electron chi connectivity index (χ0n) is 18.3. The molecule has 0 unspecified atom stereocenters. The second kappa shape index (κ2) is 9.41. The van der Waals surface area contributed by atoms with Crippen molar-refractivity contribution < 1.29 is 19.1 Å². The Morgan fingerprint density at radius 3 is 2.45 bits per heavy atom. The standard InChI is InChI=1S/C25H30N2O4/c1-30-21-8-9-22(23(16-21)31-2)27-17-20(15-24(27)28)25(29)26-12-10-19(11-13-26)14-18-6-4-3-5-7-18/h3-9,16,19-20H,10-15,17H2,1-2H3/t20-/m0/s1. The summed E-state index contributed by atoms with van der Waals surface area (Å²) in [6.07, 6.45) is 3.34. The molecule has 2 aromatic rings. The maximum Gasteiger partial charge on any atom is 0.228 e. The van der Waals surface area contributed by atoms with Crippen LogP contribution in [0.3, 0.4) is 0 Å². The van der Waals surface area contributed by atoms with Gasteiger partial charge in [0.2, 0.25) is 11.8 Å². The monoisotopic (exact) mass is 422 g/mol. The average Bonchev–Trinajstić information content (AvgIpc) is 3.20. The molecule has 0 saturated carbocycles. The number of hydrogen-bond acceptors (Lipinski definition) is 4. The number of benzene rings is 2. The van der Waals surface area contributed by atoms with Crippen LogP contribution >= 0.6 is 0 Å². The predicted molar refractivity (Wildman–Crippen MR) is 119 cm³/mol. The number of anilines is 1. The summed E-state index contributed by atoms with van der Waals surface area (Å²) in [5, 5.41) is 0. The number of amides is 2. The number of hydrogen-bond donors (Lipinski definition) is 0. The molecular weight excluding hydrogens is 392 g/mol. The van der Waals surface area contributed by atoms with Gasteiger partial charge in [0.15, 0.2) is 0 Å². The quantitative estimate of drug-likeness (QED) is 0.715. The molecule has 2 aromatic carbocycles. The van der Waals surface area contributed by atoms with Crippen molar-refractivity contribution in [1.29, 1.82) is 0 Å². The molecule has 6 heteroatoms. The summed E-state index contributed by atoms with van der Waals surface area (Å²) < 4.78 is 10.7. The van der Waals surface area contributed by atoms with Crippen molar-refractivity contribution >= 4 is 17.5 Å². The first-order chi connectivity index (χ1) is 15.1. The highest BCUT2D eigenvalue weighted by Gasteiger charge is 2.39. The molecule has 2 saturated heterocycles. The number of likely N-dealkylation sites (tertiary alicyclic amines) is 1. The minimum absolute atomic E-state index is 0.0409. The minimum atomic E-state index is -0.301. The van der Waals surface area contributed by atoms with E-state index in [-0.39, 0.29) is 24.2 Å². The Bertz CT molecular complexity index is 922. The highest BCUT2D eigenvalue weighted by molar-refractivity contribution is 6.01. The molecule has 4 rings (SSSR count). The third-order valence-corrected chi connectivity index (χ3v) is 6.45. The SMILES string of the molecule is COc1ccc(N2C[C@@H](C(=O)N3CCC(Cc4ccccc4)CC3)CC2=O)c(OC)c1. The lowest BCUT2D eigenvalue weighted by Gasteiger charge is -2.33. The maximum atomic E-state index is 13.1. The van der Waals surface area contributed by atoms with Gasteiger partial charge in [-0.25, -0.2) is 0 Å². The summed E-state index contributed by atoms with van der Waals surface area (Å²) in [4.78, 5) is 29.5. The van der Waals surface area contributed by atoms with E-state index in [1.54, 1.807) is 31.3 Å². The van der Waals surface area contributed by atoms with E-state index in [1.165, 1.54) is 5.56 Å². The number of ether oxygens (including phenoxy) is 2. The van der Waals surface area contributed by atoms with Crippen LogP contribution in [-0.2, 0) is 16.0 Å². The summed E-state index contributed by atoms with van der Waals surface area (Å²) in [7, 11) is 3.16. The van der Waals surface area contributed by atoms with Crippen LogP contribution in [0.2, 0.25) is 0 Å². The summed E-state index contributed by atoms with van der Waals surface area (Å²) >= 11 is 0. The summed E-state index contributed by atoms with van der Waals surface area (Å²) in [6.45, 7) is 1.93. The second-order valence-electron chi connectivity index (χ2n) is 8.40. The molecule has 1 atom stereocenters. The average molecular weight is 423 g/mol. The van der Waals surface area contributed by atoms with E-state index in [0.717, 1.165) is 32.4 Å². The van der Waals surface area contributed by atoms with Crippen LogP contribution in [0.1, 0.15) is 24.8 Å². The lowest BCUT2D eigenvalue weighted by Crippen LogP contribution is -2.42. The first-order valence-corrected chi connectivity index (χ1v) is 10.9. The number of carbonyl (C=O) groups excluding carboxylic acids is 2. The molecule has 0 aliphatic carbocycles. The summed E-state index contributed by atoms with van der Waals surface area (Å²) in [5.41, 5.74) is 2.04. The van der Waals surface area contributed by atoms with E-state index < -0.39 is 0 Å². The van der Waals surface area contributed by atoms with Crippen LogP contribution in [0.4, 0.5) is 5.69 Å². The van der Waals surface area contributed by atoms with Crippen LogP contribution in [0.15, 0.2) is 48.5 Å². The van der Waals surface area contributed by atoms with Gasteiger partial charge in [-0.1, -0.05) is 30.3 Å². The fourth-order valence-electron chi connectivity index (χ4n) is 4.68. The van der Waals surface area contributed by atoms with Crippen molar-refractivity contribution in [3.63, 3.8) is 0 Å². The molecule has 0 aromatic heterocycles. The molecular formula is C25H30N2O4. The number of carbonyl (C=O) groups is 2. The van der Waals surface area contributed by atoms with Gasteiger partial charge < -0.3 is 19.3 Å². The van der Waals surface area contributed by atoms with Gasteiger partial charge in [0, 0.05) is 32.1 Å². The van der Waals surface area contributed by atoms with Crippen molar-refractivity contribution in [2.45, 2.75) is 25.7 Å². The molecule has 6 nitrogen and oxygen atoms in total. The smallest absolute Gasteiger partial charge is 0.228 e. The van der Waals surface area contributed by atoms with Gasteiger partial charge in [-0.15, -0.1) is 0 Å². The highest BCUT2D eigenvalue weighted by Crippen LogP contribution is 2.36. The van der Waals surface area contributed by atoms with Crippen molar-refractivity contribution in [1.82, 2.24) is 4.90 Å². The van der Waals surface area contributed by atoms with E-state index >= 15 is 0 Å². The zero-order valence-corrected chi connectivity index (χ0v) is 18.3. The van der Waals surface area contributed by atoms with E-state index in [4.69, 9.17) is 9.47 Å². The normalized spacial score (nSPS) is 19.5. The first-order valence-electron chi connectivity index (χ1n) is 10.9. The van der Waals surface area contributed by atoms with Gasteiger partial charge in [-0.05, 0) is 42.9 Å². The molecule has 2 aliphatic heterocycles. The molecule has 2 aliphatic rings. The Balaban J connectivity index is 1.36. The molecule has 2 heterocycles. The molecule has 0 spiro atoms. The number of nitrogens with zero attached hydrogens (tertiary/aromatic N) is 2. The van der Waals surface area contributed by atoms with Crippen molar-refractivity contribution in [2.24, 2.45) is 11.8 Å². The van der Waals surface area contributed by atoms with Gasteiger partial charge in [0.25, 0.3) is 0 Å². The van der Waals surface area contributed by atoms with Gasteiger partial charge in [0.1, 0.15) is 11.5 Å². The topological polar surface area (TPSA) is 59.1 Å². The van der Waals surface area contributed by atoms with E-state index in [9.17, 15) is 9.59 Å². The van der Waals surface area contributed by atoms with Crippen LogP contribution in [0.5, 0.6) is 11.5 Å². The zero-order chi connectivity index (χ0) is 21.8. The van der Waals surface area contributed by atoms with Crippen LogP contribution in [-0.4, -0.2) is 50.6 Å². The lowest BCUT2D eigenvalue weighted by molar-refractivity contribution is -0.137. The third kappa shape index (κ3) is 4.68. The first kappa shape index (κ1) is 21.2. The number of rotatable bonds is 6. The number of methoxy groups -OCH3 is 2. The predicted octanol–water partition coefficient (Wildman–Crippen LogP) is 3.54. The molecule has 0 bridgehead atoms. The number of piperidine rings is 1. The van der Waals surface area contributed by atoms with Gasteiger partial charge in [-0.2, -0.15) is 0 Å². The van der Waals surface area contributed by atoms with Crippen molar-refractivity contribution in [3.05, 3.63) is 54.1 Å². The Morgan fingerprint density at radius 2 is 1.77 bits per heavy atom. The van der Waals surface area contributed by atoms with Gasteiger partial charge in [0.05, 0.1) is 25.8 Å². The van der Waals surface area contributed by atoms with E-state index in [0.29, 0.717) is 29.6 Å². The molecule has 31 heavy (non-hydrogen) atoms. The minimum Gasteiger partial charge on any atom is -0.497 e. The van der Waals surface area contributed by atoms with Gasteiger partial charge in [-0.3, -0.25) is 9.59 Å². The Hall–Kier alpha value is -3.02. The van der Waals surface area contributed by atoms with Crippen molar-refractivity contribution in [2.75, 3.05) is 38.8 Å². The fourth-order valence-corrected chi connectivity index (χ4v) is 4.68. The molecule has 164 valence electrons. The fraction of sp³-hybridized carbons (Fsp3) is 0.440. The van der Waals surface area contributed by atoms with Crippen molar-refractivity contribution in [3.8, 4) is 11.5 Å². The lowest BCUT2D eigenvalue weighted by atomic mass is 9.89. The molecule has 0 N–H and O–H groups in total. The Kier molecular flexibility index (Phi) is 6.44. The molecule has 2 fully saturated rings. The Labute approximate surface area is 183 Å². The summed E-state index contributed by atoms with van der Waals surface area (Å²) in [6, 6.07) is 15.9. The molecule has 0 radical (unpaired) electrons. The third-order valence-electron chi connectivity index (χ3n) is 6.45.